The number of hydrogen-bond acceptors (Lipinski definition) is 4. The molecule has 0 aromatic heterocycles. The van der Waals surface area contributed by atoms with E-state index < -0.39 is 0 Å². The lowest BCUT2D eigenvalue weighted by atomic mass is 9.96. The van der Waals surface area contributed by atoms with Gasteiger partial charge in [0.05, 0.1) is 22.8 Å². The van der Waals surface area contributed by atoms with Crippen molar-refractivity contribution in [2.75, 3.05) is 6.61 Å². The van der Waals surface area contributed by atoms with Gasteiger partial charge in [0.2, 0.25) is 6.23 Å². The molecular formula is C28H28Br2N2O2. The van der Waals surface area contributed by atoms with Gasteiger partial charge < -0.3 is 9.47 Å². The average molecular weight is 584 g/mol. The summed E-state index contributed by atoms with van der Waals surface area (Å²) in [6, 6.07) is 23.0. The van der Waals surface area contributed by atoms with Crippen molar-refractivity contribution in [3.63, 3.8) is 0 Å². The van der Waals surface area contributed by atoms with Crippen molar-refractivity contribution >= 4 is 37.6 Å². The molecule has 0 N–H and O–H groups in total. The molecule has 176 valence electrons. The standard InChI is InChI=1S/C28H28Br2N2O2/c1-2-3-4-8-15-33-22-13-11-20(12-14-22)28-32-26(18-25(31-32)19-9-6-5-7-10-19)23-16-21(29)17-24(30)27(23)34-28/h5-7,9-14,16-17,26,28H,2-4,8,15,18H2,1H3/t26-,28-/m0/s1. The Labute approximate surface area is 218 Å². The summed E-state index contributed by atoms with van der Waals surface area (Å²) in [6.07, 6.45) is 5.32. The topological polar surface area (TPSA) is 34.1 Å². The molecule has 0 bridgehead atoms. The van der Waals surface area contributed by atoms with Gasteiger partial charge in [0.1, 0.15) is 11.5 Å². The van der Waals surface area contributed by atoms with Crippen LogP contribution in [0.3, 0.4) is 0 Å². The van der Waals surface area contributed by atoms with Gasteiger partial charge in [-0.25, -0.2) is 5.01 Å². The van der Waals surface area contributed by atoms with Gasteiger partial charge in [-0.15, -0.1) is 0 Å². The van der Waals surface area contributed by atoms with E-state index in [0.29, 0.717) is 0 Å². The molecule has 0 saturated heterocycles. The van der Waals surface area contributed by atoms with Crippen LogP contribution in [-0.2, 0) is 0 Å². The lowest BCUT2D eigenvalue weighted by molar-refractivity contribution is -0.0197. The fourth-order valence-corrected chi connectivity index (χ4v) is 5.94. The minimum atomic E-state index is -0.310. The lowest BCUT2D eigenvalue weighted by Crippen LogP contribution is -2.33. The summed E-state index contributed by atoms with van der Waals surface area (Å²) >= 11 is 7.36. The van der Waals surface area contributed by atoms with Crippen LogP contribution in [0.15, 0.2) is 80.8 Å². The van der Waals surface area contributed by atoms with Crippen molar-refractivity contribution < 1.29 is 9.47 Å². The molecule has 0 saturated carbocycles. The zero-order valence-electron chi connectivity index (χ0n) is 19.2. The Hall–Kier alpha value is -2.31. The van der Waals surface area contributed by atoms with E-state index in [1.54, 1.807) is 0 Å². The number of unbranched alkanes of at least 4 members (excludes halogenated alkanes) is 3. The van der Waals surface area contributed by atoms with Crippen LogP contribution in [0.2, 0.25) is 0 Å². The van der Waals surface area contributed by atoms with Gasteiger partial charge >= 0.3 is 0 Å². The summed E-state index contributed by atoms with van der Waals surface area (Å²) in [5.74, 6) is 1.78. The molecule has 0 fully saturated rings. The molecule has 0 spiro atoms. The highest BCUT2D eigenvalue weighted by Gasteiger charge is 2.41. The van der Waals surface area contributed by atoms with Gasteiger partial charge in [0.15, 0.2) is 0 Å². The highest BCUT2D eigenvalue weighted by molar-refractivity contribution is 9.11. The fraction of sp³-hybridized carbons (Fsp3) is 0.321. The number of fused-ring (bicyclic) bond motifs is 3. The van der Waals surface area contributed by atoms with Crippen LogP contribution in [0.4, 0.5) is 0 Å². The van der Waals surface area contributed by atoms with E-state index in [4.69, 9.17) is 14.6 Å². The maximum atomic E-state index is 6.58. The van der Waals surface area contributed by atoms with Crippen LogP contribution >= 0.6 is 31.9 Å². The number of hydrogen-bond donors (Lipinski definition) is 0. The van der Waals surface area contributed by atoms with Gasteiger partial charge in [-0.1, -0.05) is 72.4 Å². The molecule has 34 heavy (non-hydrogen) atoms. The van der Waals surface area contributed by atoms with Crippen LogP contribution in [-0.4, -0.2) is 17.3 Å². The Morgan fingerprint density at radius 2 is 1.79 bits per heavy atom. The van der Waals surface area contributed by atoms with Crippen molar-refractivity contribution in [3.8, 4) is 11.5 Å². The Kier molecular flexibility index (Phi) is 7.26. The number of benzene rings is 3. The Morgan fingerprint density at radius 3 is 2.56 bits per heavy atom. The van der Waals surface area contributed by atoms with Gasteiger partial charge in [-0.3, -0.25) is 0 Å². The van der Waals surface area contributed by atoms with Crippen LogP contribution in [0, 0.1) is 0 Å². The maximum absolute atomic E-state index is 6.58. The van der Waals surface area contributed by atoms with Crippen molar-refractivity contribution in [1.82, 2.24) is 5.01 Å². The zero-order chi connectivity index (χ0) is 23.5. The lowest BCUT2D eigenvalue weighted by Gasteiger charge is -2.38. The van der Waals surface area contributed by atoms with Gasteiger partial charge in [-0.2, -0.15) is 5.10 Å². The van der Waals surface area contributed by atoms with E-state index >= 15 is 0 Å². The van der Waals surface area contributed by atoms with Crippen molar-refractivity contribution in [2.24, 2.45) is 5.10 Å². The first-order valence-electron chi connectivity index (χ1n) is 11.9. The van der Waals surface area contributed by atoms with Crippen LogP contribution in [0.5, 0.6) is 11.5 Å². The van der Waals surface area contributed by atoms with E-state index in [-0.39, 0.29) is 12.3 Å². The molecule has 3 aromatic carbocycles. The van der Waals surface area contributed by atoms with Crippen molar-refractivity contribution in [3.05, 3.63) is 92.4 Å². The number of ether oxygens (including phenoxy) is 2. The highest BCUT2D eigenvalue weighted by atomic mass is 79.9. The molecule has 2 atom stereocenters. The first kappa shape index (κ1) is 23.4. The molecular weight excluding hydrogens is 556 g/mol. The van der Waals surface area contributed by atoms with Gasteiger partial charge in [0.25, 0.3) is 0 Å². The second-order valence-corrected chi connectivity index (χ2v) is 10.5. The molecule has 3 aromatic rings. The van der Waals surface area contributed by atoms with Crippen molar-refractivity contribution in [1.29, 1.82) is 0 Å². The predicted molar refractivity (Wildman–Crippen MR) is 143 cm³/mol. The quantitative estimate of drug-likeness (QED) is 0.250. The third-order valence-electron chi connectivity index (χ3n) is 6.35. The number of rotatable bonds is 8. The Bertz CT molecular complexity index is 1170. The predicted octanol–water partition coefficient (Wildman–Crippen LogP) is 8.41. The first-order chi connectivity index (χ1) is 16.6. The zero-order valence-corrected chi connectivity index (χ0v) is 22.4. The monoisotopic (exact) mass is 582 g/mol. The second-order valence-electron chi connectivity index (χ2n) is 8.77. The van der Waals surface area contributed by atoms with Crippen LogP contribution in [0.1, 0.15) is 68.0 Å². The highest BCUT2D eigenvalue weighted by Crippen LogP contribution is 2.50. The fourth-order valence-electron chi connectivity index (χ4n) is 4.59. The Morgan fingerprint density at radius 1 is 1.00 bits per heavy atom. The van der Waals surface area contributed by atoms with Crippen molar-refractivity contribution in [2.45, 2.75) is 51.3 Å². The molecule has 6 heteroatoms. The molecule has 0 unspecified atom stereocenters. The molecule has 2 aliphatic heterocycles. The SMILES string of the molecule is CCCCCCOc1ccc([C@@H]2Oc3c(Br)cc(Br)cc3[C@@H]3CC(c4ccccc4)=NN32)cc1. The number of nitrogens with zero attached hydrogens (tertiary/aromatic N) is 2. The molecule has 0 aliphatic carbocycles. The molecule has 4 nitrogen and oxygen atoms in total. The van der Waals surface area contributed by atoms with Crippen LogP contribution < -0.4 is 9.47 Å². The van der Waals surface area contributed by atoms with Gasteiger partial charge in [-0.05, 0) is 64.3 Å². The molecule has 5 rings (SSSR count). The maximum Gasteiger partial charge on any atom is 0.213 e. The minimum Gasteiger partial charge on any atom is -0.494 e. The van der Waals surface area contributed by atoms with E-state index in [1.807, 2.05) is 24.3 Å². The Balaban J connectivity index is 1.42. The average Bonchev–Trinajstić information content (AvgIpc) is 3.31. The molecule has 2 heterocycles. The number of hydrazone groups is 1. The summed E-state index contributed by atoms with van der Waals surface area (Å²) in [6.45, 7) is 2.98. The van der Waals surface area contributed by atoms with E-state index in [0.717, 1.165) is 62.3 Å². The molecule has 0 amide bonds. The van der Waals surface area contributed by atoms with E-state index in [9.17, 15) is 0 Å². The second kappa shape index (κ2) is 10.5. The smallest absolute Gasteiger partial charge is 0.213 e. The normalized spacial score (nSPS) is 18.7. The summed E-state index contributed by atoms with van der Waals surface area (Å²) < 4.78 is 14.5. The summed E-state index contributed by atoms with van der Waals surface area (Å²) in [5.41, 5.74) is 4.43. The minimum absolute atomic E-state index is 0.104. The number of halogens is 2. The summed E-state index contributed by atoms with van der Waals surface area (Å²) in [5, 5.41) is 7.18. The largest absolute Gasteiger partial charge is 0.494 e. The third kappa shape index (κ3) is 4.89. The van der Waals surface area contributed by atoms with E-state index in [2.05, 4.69) is 86.3 Å². The van der Waals surface area contributed by atoms with Crippen LogP contribution in [0.25, 0.3) is 0 Å². The summed E-state index contributed by atoms with van der Waals surface area (Å²) in [7, 11) is 0. The summed E-state index contributed by atoms with van der Waals surface area (Å²) in [4.78, 5) is 0. The van der Waals surface area contributed by atoms with E-state index in [1.165, 1.54) is 19.3 Å². The molecule has 2 aliphatic rings. The van der Waals surface area contributed by atoms with Gasteiger partial charge in [0, 0.05) is 22.0 Å². The first-order valence-corrected chi connectivity index (χ1v) is 13.5. The molecule has 0 radical (unpaired) electrons. The third-order valence-corrected chi connectivity index (χ3v) is 7.39.